The highest BCUT2D eigenvalue weighted by Crippen LogP contribution is 2.33. The van der Waals surface area contributed by atoms with E-state index in [0.29, 0.717) is 0 Å². The summed E-state index contributed by atoms with van der Waals surface area (Å²) in [7, 11) is 0. The van der Waals surface area contributed by atoms with Gasteiger partial charge in [-0.3, -0.25) is 0 Å². The molecular weight excluding hydrogens is 308 g/mol. The average Bonchev–Trinajstić information content (AvgIpc) is 2.74. The predicted molar refractivity (Wildman–Crippen MR) is 79.1 cm³/mol. The Morgan fingerprint density at radius 2 is 2.06 bits per heavy atom. The maximum absolute atomic E-state index is 10.8. The van der Waals surface area contributed by atoms with Crippen LogP contribution in [0.25, 0.3) is 0 Å². The summed E-state index contributed by atoms with van der Waals surface area (Å²) in [6.07, 6.45) is 3.38. The molecule has 0 bridgehead atoms. The van der Waals surface area contributed by atoms with Crippen LogP contribution in [0.2, 0.25) is 0 Å². The molecule has 1 aromatic heterocycles. The molecule has 3 rings (SSSR count). The van der Waals surface area contributed by atoms with Crippen LogP contribution in [0.15, 0.2) is 40.2 Å². The van der Waals surface area contributed by atoms with Crippen molar-refractivity contribution in [2.24, 2.45) is 0 Å². The van der Waals surface area contributed by atoms with Crippen LogP contribution in [0, 0.1) is 0 Å². The predicted octanol–water partition coefficient (Wildman–Crippen LogP) is 3.97. The lowest BCUT2D eigenvalue weighted by Crippen LogP contribution is -2.37. The molecule has 0 spiro atoms. The topological polar surface area (TPSA) is 20.2 Å². The Kier molecular flexibility index (Phi) is 3.31. The van der Waals surface area contributed by atoms with E-state index in [1.165, 1.54) is 16.0 Å². The Morgan fingerprint density at radius 1 is 1.28 bits per heavy atom. The van der Waals surface area contributed by atoms with Crippen LogP contribution >= 0.6 is 27.3 Å². The second-order valence-corrected chi connectivity index (χ2v) is 6.99. The van der Waals surface area contributed by atoms with Gasteiger partial charge in [0.05, 0.1) is 5.60 Å². The minimum atomic E-state index is -0.571. The van der Waals surface area contributed by atoms with Crippen molar-refractivity contribution in [1.29, 1.82) is 0 Å². The summed E-state index contributed by atoms with van der Waals surface area (Å²) in [5.74, 6) is 0. The molecule has 0 fully saturated rings. The molecule has 1 aromatic carbocycles. The molecule has 1 N–H and O–H groups in total. The van der Waals surface area contributed by atoms with E-state index in [1.54, 1.807) is 11.3 Å². The summed E-state index contributed by atoms with van der Waals surface area (Å²) in [5.41, 5.74) is 2.13. The van der Waals surface area contributed by atoms with Crippen molar-refractivity contribution < 1.29 is 5.11 Å². The van der Waals surface area contributed by atoms with Crippen molar-refractivity contribution in [1.82, 2.24) is 0 Å². The third-order valence-electron chi connectivity index (χ3n) is 3.62. The third kappa shape index (κ3) is 2.53. The van der Waals surface area contributed by atoms with E-state index in [-0.39, 0.29) is 0 Å². The second kappa shape index (κ2) is 4.80. The highest BCUT2D eigenvalue weighted by molar-refractivity contribution is 9.10. The molecule has 1 nitrogen and oxygen atoms in total. The quantitative estimate of drug-likeness (QED) is 0.886. The Balaban J connectivity index is 1.81. The molecule has 3 heteroatoms. The maximum Gasteiger partial charge on any atom is 0.0739 e. The molecule has 1 atom stereocenters. The van der Waals surface area contributed by atoms with Crippen molar-refractivity contribution in [3.63, 3.8) is 0 Å². The highest BCUT2D eigenvalue weighted by Gasteiger charge is 2.32. The van der Waals surface area contributed by atoms with Gasteiger partial charge in [-0.25, -0.2) is 0 Å². The van der Waals surface area contributed by atoms with Crippen molar-refractivity contribution in [2.75, 3.05) is 0 Å². The summed E-state index contributed by atoms with van der Waals surface area (Å²) in [5, 5.41) is 12.9. The fourth-order valence-corrected chi connectivity index (χ4v) is 4.29. The first kappa shape index (κ1) is 12.4. The van der Waals surface area contributed by atoms with Gasteiger partial charge in [0.25, 0.3) is 0 Å². The first-order valence-electron chi connectivity index (χ1n) is 6.17. The van der Waals surface area contributed by atoms with Crippen molar-refractivity contribution >= 4 is 27.3 Å². The minimum Gasteiger partial charge on any atom is -0.389 e. The number of aryl methyl sites for hydroxylation is 1. The smallest absolute Gasteiger partial charge is 0.0739 e. The van der Waals surface area contributed by atoms with Gasteiger partial charge in [-0.1, -0.05) is 24.3 Å². The summed E-state index contributed by atoms with van der Waals surface area (Å²) in [6, 6.07) is 10.6. The van der Waals surface area contributed by atoms with Gasteiger partial charge in [0, 0.05) is 27.6 Å². The van der Waals surface area contributed by atoms with E-state index in [2.05, 4.69) is 51.6 Å². The zero-order chi connectivity index (χ0) is 12.6. The zero-order valence-electron chi connectivity index (χ0n) is 10.0. The first-order chi connectivity index (χ1) is 8.65. The Labute approximate surface area is 120 Å². The van der Waals surface area contributed by atoms with E-state index >= 15 is 0 Å². The van der Waals surface area contributed by atoms with E-state index in [0.717, 1.165) is 30.2 Å². The lowest BCUT2D eigenvalue weighted by Gasteiger charge is -2.33. The first-order valence-corrected chi connectivity index (χ1v) is 7.84. The zero-order valence-corrected chi connectivity index (χ0v) is 12.4. The number of thiophene rings is 1. The summed E-state index contributed by atoms with van der Waals surface area (Å²) in [4.78, 5) is 1.25. The van der Waals surface area contributed by atoms with E-state index in [1.807, 2.05) is 0 Å². The molecule has 0 saturated carbocycles. The fraction of sp³-hybridized carbons (Fsp3) is 0.333. The molecule has 18 heavy (non-hydrogen) atoms. The number of rotatable bonds is 2. The molecule has 1 aliphatic carbocycles. The lowest BCUT2D eigenvalue weighted by atomic mass is 9.78. The van der Waals surface area contributed by atoms with Crippen molar-refractivity contribution in [3.05, 3.63) is 56.2 Å². The molecule has 1 heterocycles. The van der Waals surface area contributed by atoms with Gasteiger partial charge < -0.3 is 5.11 Å². The van der Waals surface area contributed by atoms with Crippen LogP contribution in [-0.4, -0.2) is 10.7 Å². The third-order valence-corrected chi connectivity index (χ3v) is 5.32. The number of aliphatic hydroxyl groups is 1. The van der Waals surface area contributed by atoms with Crippen LogP contribution in [0.3, 0.4) is 0 Å². The summed E-state index contributed by atoms with van der Waals surface area (Å²) < 4.78 is 1.11. The van der Waals surface area contributed by atoms with Gasteiger partial charge in [0.1, 0.15) is 0 Å². The second-order valence-electron chi connectivity index (χ2n) is 5.08. The number of fused-ring (bicyclic) bond motifs is 1. The Hall–Kier alpha value is -0.640. The Bertz CT molecular complexity index is 563. The molecule has 94 valence electrons. The maximum atomic E-state index is 10.8. The van der Waals surface area contributed by atoms with Gasteiger partial charge in [-0.15, -0.1) is 11.3 Å². The molecule has 1 aliphatic rings. The average molecular weight is 323 g/mol. The summed E-state index contributed by atoms with van der Waals surface area (Å²) in [6.45, 7) is 0. The normalized spacial score (nSPS) is 22.8. The number of hydrogen-bond donors (Lipinski definition) is 1. The van der Waals surface area contributed by atoms with Crippen LogP contribution < -0.4 is 0 Å². The largest absolute Gasteiger partial charge is 0.389 e. The summed E-state index contributed by atoms with van der Waals surface area (Å²) >= 11 is 5.19. The van der Waals surface area contributed by atoms with E-state index in [9.17, 15) is 5.11 Å². The SMILES string of the molecule is OC1(Cc2cc(Br)cs2)CCc2ccccc2C1. The molecule has 0 amide bonds. The minimum absolute atomic E-state index is 0.571. The van der Waals surface area contributed by atoms with E-state index in [4.69, 9.17) is 0 Å². The van der Waals surface area contributed by atoms with Gasteiger partial charge in [-0.2, -0.15) is 0 Å². The van der Waals surface area contributed by atoms with Crippen LogP contribution in [-0.2, 0) is 19.3 Å². The molecular formula is C15H15BrOS. The molecule has 2 aromatic rings. The fourth-order valence-electron chi connectivity index (χ4n) is 2.71. The number of benzene rings is 1. The van der Waals surface area contributed by atoms with Crippen molar-refractivity contribution in [2.45, 2.75) is 31.3 Å². The van der Waals surface area contributed by atoms with Gasteiger partial charge >= 0.3 is 0 Å². The van der Waals surface area contributed by atoms with Gasteiger partial charge in [0.15, 0.2) is 0 Å². The molecule has 0 aliphatic heterocycles. The van der Waals surface area contributed by atoms with E-state index < -0.39 is 5.60 Å². The molecule has 1 unspecified atom stereocenters. The number of halogens is 1. The molecule has 0 saturated heterocycles. The van der Waals surface area contributed by atoms with Crippen LogP contribution in [0.1, 0.15) is 22.4 Å². The van der Waals surface area contributed by atoms with Gasteiger partial charge in [-0.05, 0) is 46.0 Å². The highest BCUT2D eigenvalue weighted by atomic mass is 79.9. The standard InChI is InChI=1S/C15H15BrOS/c16-13-7-14(18-10-13)9-15(17)6-5-11-3-1-2-4-12(11)8-15/h1-4,7,10,17H,5-6,8-9H2. The van der Waals surface area contributed by atoms with Crippen molar-refractivity contribution in [3.8, 4) is 0 Å². The monoisotopic (exact) mass is 322 g/mol. The van der Waals surface area contributed by atoms with Gasteiger partial charge in [0.2, 0.25) is 0 Å². The lowest BCUT2D eigenvalue weighted by molar-refractivity contribution is 0.0275. The Morgan fingerprint density at radius 3 is 2.78 bits per heavy atom. The molecule has 0 radical (unpaired) electrons. The van der Waals surface area contributed by atoms with Crippen LogP contribution in [0.5, 0.6) is 0 Å². The van der Waals surface area contributed by atoms with Crippen LogP contribution in [0.4, 0.5) is 0 Å². The number of hydrogen-bond acceptors (Lipinski definition) is 2.